The number of methoxy groups -OCH3 is 1. The third kappa shape index (κ3) is 6.83. The van der Waals surface area contributed by atoms with Gasteiger partial charge in [-0.2, -0.15) is 13.2 Å². The second-order valence-electron chi connectivity index (χ2n) is 16.3. The Morgan fingerprint density at radius 2 is 1.67 bits per heavy atom. The van der Waals surface area contributed by atoms with Gasteiger partial charge in [-0.15, -0.1) is 0 Å². The molecule has 0 spiro atoms. The normalized spacial score (nSPS) is 28.8. The van der Waals surface area contributed by atoms with E-state index in [1.54, 1.807) is 31.5 Å². The lowest BCUT2D eigenvalue weighted by Crippen LogP contribution is -2.70. The summed E-state index contributed by atoms with van der Waals surface area (Å²) < 4.78 is 86.2. The molecular formula is C39H46F5N5O5. The van der Waals surface area contributed by atoms with Crippen molar-refractivity contribution >= 4 is 22.8 Å². The van der Waals surface area contributed by atoms with Crippen LogP contribution in [0.25, 0.3) is 22.3 Å². The standard InChI is InChI=1S/C39H46F5N5O5/c1-53-13-12-48-10-6-27(7-11-48)54-28-2-3-29-31(21-49(32(29)19-28)26-4-8-37(40,41)9-5-26)34-45-20-30(33(46-34)39(42,43)44)35(50)47-38(36(51)52)24-15-22-14-23(17-24)18-25(38)16-22/h2-3,19-27H,4-18H2,1H3,(H,47,50)(H,51,52). The number of nitrogens with zero attached hydrogens (tertiary/aromatic N) is 4. The van der Waals surface area contributed by atoms with E-state index in [0.29, 0.717) is 60.8 Å². The highest BCUT2D eigenvalue weighted by Crippen LogP contribution is 2.58. The first-order valence-corrected chi connectivity index (χ1v) is 19.1. The van der Waals surface area contributed by atoms with E-state index in [0.717, 1.165) is 45.1 Å². The number of hydrogen-bond acceptors (Lipinski definition) is 7. The Labute approximate surface area is 309 Å². The molecule has 1 amide bonds. The van der Waals surface area contributed by atoms with E-state index in [1.165, 1.54) is 0 Å². The molecule has 1 aliphatic heterocycles. The number of amides is 1. The Bertz CT molecular complexity index is 1870. The number of carbonyl (C=O) groups excluding carboxylic acids is 1. The van der Waals surface area contributed by atoms with Crippen molar-refractivity contribution in [2.24, 2.45) is 23.7 Å². The van der Waals surface area contributed by atoms with Crippen LogP contribution in [0.2, 0.25) is 0 Å². The molecule has 292 valence electrons. The number of benzene rings is 1. The van der Waals surface area contributed by atoms with E-state index in [9.17, 15) is 36.6 Å². The summed E-state index contributed by atoms with van der Waals surface area (Å²) in [6.45, 7) is 3.17. The molecule has 6 fully saturated rings. The van der Waals surface area contributed by atoms with Gasteiger partial charge in [0.25, 0.3) is 5.91 Å². The Morgan fingerprint density at radius 3 is 2.28 bits per heavy atom. The van der Waals surface area contributed by atoms with Crippen molar-refractivity contribution in [2.75, 3.05) is 33.4 Å². The number of alkyl halides is 5. The lowest BCUT2D eigenvalue weighted by atomic mass is 9.48. The summed E-state index contributed by atoms with van der Waals surface area (Å²) in [4.78, 5) is 37.1. The number of aromatic nitrogens is 3. The fourth-order valence-corrected chi connectivity index (χ4v) is 10.4. The maximum absolute atomic E-state index is 14.8. The number of halogens is 5. The first kappa shape index (κ1) is 37.1. The fraction of sp³-hybridized carbons (Fsp3) is 0.641. The number of ether oxygens (including phenoxy) is 2. The first-order chi connectivity index (χ1) is 25.7. The Hall–Kier alpha value is -3.85. The first-order valence-electron chi connectivity index (χ1n) is 19.1. The monoisotopic (exact) mass is 759 g/mol. The molecule has 5 saturated carbocycles. The van der Waals surface area contributed by atoms with Gasteiger partial charge in [0.1, 0.15) is 17.4 Å². The molecule has 6 aliphatic rings. The van der Waals surface area contributed by atoms with Gasteiger partial charge in [0.05, 0.1) is 17.7 Å². The molecule has 15 heteroatoms. The van der Waals surface area contributed by atoms with E-state index in [2.05, 4.69) is 20.2 Å². The molecule has 0 atom stereocenters. The largest absolute Gasteiger partial charge is 0.490 e. The molecule has 4 bridgehead atoms. The summed E-state index contributed by atoms with van der Waals surface area (Å²) in [5.41, 5.74) is -3.12. The van der Waals surface area contributed by atoms with Crippen LogP contribution in [0.15, 0.2) is 30.6 Å². The third-order valence-corrected chi connectivity index (χ3v) is 13.0. The summed E-state index contributed by atoms with van der Waals surface area (Å²) in [6, 6.07) is 4.92. The van der Waals surface area contributed by atoms with Crippen LogP contribution in [0.3, 0.4) is 0 Å². The highest BCUT2D eigenvalue weighted by molar-refractivity contribution is 6.00. The molecule has 1 saturated heterocycles. The van der Waals surface area contributed by atoms with Gasteiger partial charge in [0.2, 0.25) is 5.92 Å². The van der Waals surface area contributed by atoms with Crippen molar-refractivity contribution in [1.82, 2.24) is 24.8 Å². The Morgan fingerprint density at radius 1 is 1.00 bits per heavy atom. The van der Waals surface area contributed by atoms with Crippen LogP contribution in [-0.4, -0.2) is 87.3 Å². The van der Waals surface area contributed by atoms with Crippen LogP contribution < -0.4 is 10.1 Å². The van der Waals surface area contributed by atoms with Gasteiger partial charge in [-0.05, 0) is 93.6 Å². The van der Waals surface area contributed by atoms with Crippen LogP contribution in [0.5, 0.6) is 5.75 Å². The summed E-state index contributed by atoms with van der Waals surface area (Å²) in [7, 11) is 1.67. The third-order valence-electron chi connectivity index (χ3n) is 13.0. The maximum Gasteiger partial charge on any atom is 0.434 e. The van der Waals surface area contributed by atoms with E-state index in [-0.39, 0.29) is 61.1 Å². The van der Waals surface area contributed by atoms with Crippen molar-refractivity contribution in [3.8, 4) is 17.1 Å². The second kappa shape index (κ2) is 14.0. The van der Waals surface area contributed by atoms with Crippen LogP contribution in [0.1, 0.15) is 92.7 Å². The smallest absolute Gasteiger partial charge is 0.434 e. The number of rotatable bonds is 10. The topological polar surface area (TPSA) is 119 Å². The lowest BCUT2D eigenvalue weighted by Gasteiger charge is -2.59. The van der Waals surface area contributed by atoms with Crippen molar-refractivity contribution < 1.29 is 46.1 Å². The number of hydrogen-bond donors (Lipinski definition) is 2. The number of carbonyl (C=O) groups is 2. The van der Waals surface area contributed by atoms with Gasteiger partial charge >= 0.3 is 12.1 Å². The van der Waals surface area contributed by atoms with Gasteiger partial charge in [0, 0.05) is 75.0 Å². The summed E-state index contributed by atoms with van der Waals surface area (Å²) in [5, 5.41) is 13.6. The van der Waals surface area contributed by atoms with Gasteiger partial charge in [-0.3, -0.25) is 4.79 Å². The number of aliphatic carboxylic acids is 1. The second-order valence-corrected chi connectivity index (χ2v) is 16.3. The van der Waals surface area contributed by atoms with Crippen LogP contribution in [-0.2, 0) is 15.7 Å². The minimum atomic E-state index is -5.07. The number of carboxylic acid groups (broad SMARTS) is 1. The molecule has 0 unspecified atom stereocenters. The van der Waals surface area contributed by atoms with E-state index in [4.69, 9.17) is 9.47 Å². The Balaban J connectivity index is 1.12. The molecule has 5 aliphatic carbocycles. The Kier molecular flexibility index (Phi) is 9.63. The quantitative estimate of drug-likeness (QED) is 0.206. The average molecular weight is 760 g/mol. The van der Waals surface area contributed by atoms with Crippen molar-refractivity contribution in [3.63, 3.8) is 0 Å². The molecule has 0 radical (unpaired) electrons. The molecule has 2 N–H and O–H groups in total. The van der Waals surface area contributed by atoms with Crippen molar-refractivity contribution in [1.29, 1.82) is 0 Å². The summed E-state index contributed by atoms with van der Waals surface area (Å²) >= 11 is 0. The number of nitrogens with one attached hydrogen (secondary N) is 1. The molecule has 10 nitrogen and oxygen atoms in total. The van der Waals surface area contributed by atoms with E-state index < -0.39 is 40.8 Å². The minimum absolute atomic E-state index is 0.0481. The highest BCUT2D eigenvalue weighted by atomic mass is 19.4. The van der Waals surface area contributed by atoms with Gasteiger partial charge in [-0.1, -0.05) is 0 Å². The molecule has 3 aromatic rings. The maximum atomic E-state index is 14.8. The number of piperidine rings is 1. The molecule has 54 heavy (non-hydrogen) atoms. The number of likely N-dealkylation sites (tertiary alicyclic amines) is 1. The predicted molar refractivity (Wildman–Crippen MR) is 187 cm³/mol. The van der Waals surface area contributed by atoms with E-state index >= 15 is 0 Å². The average Bonchev–Trinajstić information content (AvgIpc) is 3.50. The van der Waals surface area contributed by atoms with Crippen LogP contribution in [0.4, 0.5) is 22.0 Å². The lowest BCUT2D eigenvalue weighted by molar-refractivity contribution is -0.163. The molecule has 3 heterocycles. The number of fused-ring (bicyclic) bond motifs is 1. The number of carboxylic acids is 1. The highest BCUT2D eigenvalue weighted by Gasteiger charge is 2.62. The zero-order valence-corrected chi connectivity index (χ0v) is 30.2. The zero-order valence-electron chi connectivity index (χ0n) is 30.2. The molecule has 1 aromatic carbocycles. The fourth-order valence-electron chi connectivity index (χ4n) is 10.4. The molecule has 9 rings (SSSR count). The van der Waals surface area contributed by atoms with Crippen LogP contribution >= 0.6 is 0 Å². The van der Waals surface area contributed by atoms with Crippen molar-refractivity contribution in [2.45, 2.75) is 100 Å². The van der Waals surface area contributed by atoms with E-state index in [1.807, 2.05) is 4.57 Å². The van der Waals surface area contributed by atoms with Gasteiger partial charge < -0.3 is 29.4 Å². The summed E-state index contributed by atoms with van der Waals surface area (Å²) in [5.74, 6) is -4.90. The van der Waals surface area contributed by atoms with Crippen LogP contribution in [0, 0.1) is 23.7 Å². The van der Waals surface area contributed by atoms with Crippen molar-refractivity contribution in [3.05, 3.63) is 41.9 Å². The van der Waals surface area contributed by atoms with Gasteiger partial charge in [-0.25, -0.2) is 23.5 Å². The predicted octanol–water partition coefficient (Wildman–Crippen LogP) is 7.37. The molecular weight excluding hydrogens is 713 g/mol. The minimum Gasteiger partial charge on any atom is -0.490 e. The summed E-state index contributed by atoms with van der Waals surface area (Å²) in [6.07, 6.45) is 2.12. The van der Waals surface area contributed by atoms with Gasteiger partial charge in [0.15, 0.2) is 11.5 Å². The zero-order chi connectivity index (χ0) is 38.0. The SMILES string of the molecule is COCCN1CCC(Oc2ccc3c(-c4ncc(C(=O)NC5(C(=O)O)C6CC7CC(C6)CC5C7)c(C(F)(F)F)n4)cn(C4CCC(F)(F)CC4)c3c2)CC1. The molecule has 2 aromatic heterocycles.